The second-order valence-corrected chi connectivity index (χ2v) is 22.6. The first-order chi connectivity index (χ1) is 32.8. The van der Waals surface area contributed by atoms with E-state index in [1.165, 1.54) is 0 Å². The number of carbonyl (C=O) groups is 1. The first-order valence-corrected chi connectivity index (χ1v) is 27.1. The van der Waals surface area contributed by atoms with Crippen LogP contribution in [0.2, 0.25) is 0 Å². The topological polar surface area (TPSA) is 195 Å². The van der Waals surface area contributed by atoms with E-state index in [1.54, 1.807) is 58.1 Å². The Bertz CT molecular complexity index is 2520. The fraction of sp³-hybridized carbons (Fsp3) is 0.500. The Morgan fingerprint density at radius 1 is 1.00 bits per heavy atom. The van der Waals surface area contributed by atoms with Crippen molar-refractivity contribution in [1.29, 1.82) is 0 Å². The van der Waals surface area contributed by atoms with E-state index in [1.807, 2.05) is 31.2 Å². The van der Waals surface area contributed by atoms with E-state index < -0.39 is 24.3 Å². The number of aliphatic hydroxyl groups is 2. The molecule has 5 aliphatic rings. The summed E-state index contributed by atoms with van der Waals surface area (Å²) in [6.07, 6.45) is 16.5. The van der Waals surface area contributed by atoms with Crippen LogP contribution in [0.1, 0.15) is 148 Å². The molecular formula is C56H68N3O7S2-. The van der Waals surface area contributed by atoms with E-state index in [0.29, 0.717) is 65.5 Å². The van der Waals surface area contributed by atoms with Crippen molar-refractivity contribution in [2.45, 2.75) is 140 Å². The number of aliphatic hydroxyl groups excluding tert-OH is 2. The molecule has 3 aromatic carbocycles. The molecule has 2 fully saturated rings. The SMILES string of the molecule is CCCCC[C@@H](C[C@H]1CC[C@]23CSSCc4cc5c(cc4C(N)N)C#CCC4=NC=CC4=C([O-])C[C@@H]5c4cc(ccc4O)CCOc4cc(ccc4O)CCC(=O)/C=C\[C@]1(C[C@@H]2O)C3)C[C@H](C)O. The highest BCUT2D eigenvalue weighted by Crippen LogP contribution is 2.64. The van der Waals surface area contributed by atoms with Gasteiger partial charge in [0.05, 0.1) is 37.1 Å². The summed E-state index contributed by atoms with van der Waals surface area (Å²) in [6.45, 7) is 4.32. The van der Waals surface area contributed by atoms with Gasteiger partial charge in [0.2, 0.25) is 0 Å². The molecule has 0 spiro atoms. The molecule has 3 aromatic rings. The number of hydrogen-bond acceptors (Lipinski definition) is 12. The molecule has 3 aliphatic carbocycles. The number of nitrogens with zero attached hydrogens (tertiary/aromatic N) is 1. The van der Waals surface area contributed by atoms with Crippen LogP contribution in [-0.4, -0.2) is 56.5 Å². The predicted molar refractivity (Wildman–Crippen MR) is 272 cm³/mol. The van der Waals surface area contributed by atoms with Crippen LogP contribution in [0.4, 0.5) is 0 Å². The predicted octanol–water partition coefficient (Wildman–Crippen LogP) is 9.34. The van der Waals surface area contributed by atoms with Crippen LogP contribution in [0, 0.1) is 34.5 Å². The summed E-state index contributed by atoms with van der Waals surface area (Å²) in [7, 11) is 3.44. The van der Waals surface area contributed by atoms with Crippen LogP contribution >= 0.6 is 21.6 Å². The number of ether oxygens (including phenoxy) is 1. The van der Waals surface area contributed by atoms with Crippen LogP contribution in [0.25, 0.3) is 0 Å². The lowest BCUT2D eigenvalue weighted by atomic mass is 9.60. The van der Waals surface area contributed by atoms with Gasteiger partial charge in [-0.25, -0.2) is 0 Å². The van der Waals surface area contributed by atoms with Gasteiger partial charge in [-0.3, -0.25) is 9.79 Å². The highest BCUT2D eigenvalue weighted by molar-refractivity contribution is 8.76. The minimum absolute atomic E-state index is 0.000771. The third-order valence-electron chi connectivity index (χ3n) is 15.3. The number of aliphatic imine (C=N–C) groups is 1. The number of aromatic hydroxyl groups is 2. The highest BCUT2D eigenvalue weighted by atomic mass is 33.1. The second-order valence-electron chi connectivity index (χ2n) is 20.2. The molecule has 0 aromatic heterocycles. The number of rotatable bonds is 9. The number of unbranched alkanes of at least 4 members (excludes halogenated alkanes) is 2. The molecule has 0 saturated heterocycles. The third kappa shape index (κ3) is 11.4. The molecular weight excluding hydrogens is 891 g/mol. The molecule has 2 saturated carbocycles. The monoisotopic (exact) mass is 958 g/mol. The summed E-state index contributed by atoms with van der Waals surface area (Å²) in [5, 5.41) is 59.4. The highest BCUT2D eigenvalue weighted by Gasteiger charge is 2.59. The summed E-state index contributed by atoms with van der Waals surface area (Å²) in [4.78, 5) is 18.2. The third-order valence-corrected chi connectivity index (χ3v) is 17.8. The number of fused-ring (bicyclic) bond motifs is 7. The van der Waals surface area contributed by atoms with Gasteiger partial charge in [-0.1, -0.05) is 96.4 Å². The van der Waals surface area contributed by atoms with Crippen molar-refractivity contribution in [3.05, 3.63) is 123 Å². The molecule has 68 heavy (non-hydrogen) atoms. The van der Waals surface area contributed by atoms with Gasteiger partial charge in [0, 0.05) is 53.0 Å². The maximum absolute atomic E-state index is 14.2. The lowest BCUT2D eigenvalue weighted by Crippen LogP contribution is -2.38. The number of ketones is 1. The molecule has 0 radical (unpaired) electrons. The van der Waals surface area contributed by atoms with Gasteiger partial charge in [-0.2, -0.15) is 0 Å². The fourth-order valence-electron chi connectivity index (χ4n) is 11.7. The normalized spacial score (nSPS) is 26.6. The van der Waals surface area contributed by atoms with Crippen molar-refractivity contribution < 1.29 is 35.1 Å². The average molecular weight is 959 g/mol. The quantitative estimate of drug-likeness (QED) is 0.0518. The van der Waals surface area contributed by atoms with Gasteiger partial charge >= 0.3 is 0 Å². The van der Waals surface area contributed by atoms with Crippen molar-refractivity contribution in [1.82, 2.24) is 0 Å². The summed E-state index contributed by atoms with van der Waals surface area (Å²) in [5.74, 6) is 8.26. The van der Waals surface area contributed by atoms with E-state index in [4.69, 9.17) is 16.2 Å². The molecule has 8 bridgehead atoms. The first kappa shape index (κ1) is 49.9. The Balaban J connectivity index is 1.17. The van der Waals surface area contributed by atoms with Gasteiger partial charge in [0.15, 0.2) is 17.3 Å². The number of aryl methyl sites for hydroxylation is 1. The molecule has 2 heterocycles. The molecule has 7 atom stereocenters. The van der Waals surface area contributed by atoms with Crippen LogP contribution in [0.5, 0.6) is 17.2 Å². The van der Waals surface area contributed by atoms with E-state index >= 15 is 0 Å². The van der Waals surface area contributed by atoms with Crippen molar-refractivity contribution >= 4 is 33.1 Å². The van der Waals surface area contributed by atoms with E-state index in [-0.39, 0.29) is 59.2 Å². The zero-order valence-electron chi connectivity index (χ0n) is 39.6. The zero-order valence-corrected chi connectivity index (χ0v) is 41.2. The Kier molecular flexibility index (Phi) is 16.2. The molecule has 362 valence electrons. The van der Waals surface area contributed by atoms with E-state index in [0.717, 1.165) is 91.4 Å². The number of phenolic OH excluding ortho intramolecular Hbond substituents is 2. The number of nitrogens with two attached hydrogens (primary N) is 2. The maximum Gasteiger partial charge on any atom is 0.161 e. The minimum atomic E-state index is -0.797. The maximum atomic E-state index is 14.2. The van der Waals surface area contributed by atoms with Crippen molar-refractivity contribution in [3.8, 4) is 29.1 Å². The molecule has 8 rings (SSSR count). The smallest absolute Gasteiger partial charge is 0.161 e. The largest absolute Gasteiger partial charge is 0.875 e. The van der Waals surface area contributed by atoms with Crippen molar-refractivity contribution in [2.75, 3.05) is 12.4 Å². The van der Waals surface area contributed by atoms with Crippen LogP contribution in [-0.2, 0) is 23.4 Å². The van der Waals surface area contributed by atoms with Crippen LogP contribution in [0.3, 0.4) is 0 Å². The second kappa shape index (κ2) is 22.1. The first-order valence-electron chi connectivity index (χ1n) is 24.7. The van der Waals surface area contributed by atoms with Gasteiger partial charge in [0.1, 0.15) is 5.75 Å². The summed E-state index contributed by atoms with van der Waals surface area (Å²) in [5.41, 5.74) is 18.9. The minimum Gasteiger partial charge on any atom is -0.875 e. The van der Waals surface area contributed by atoms with Gasteiger partial charge < -0.3 is 41.7 Å². The molecule has 10 nitrogen and oxygen atoms in total. The van der Waals surface area contributed by atoms with Gasteiger partial charge in [-0.05, 0) is 145 Å². The average Bonchev–Trinajstić information content (AvgIpc) is 3.87. The Labute approximate surface area is 410 Å². The molecule has 8 N–H and O–H groups in total. The lowest BCUT2D eigenvalue weighted by molar-refractivity contribution is -0.307. The van der Waals surface area contributed by atoms with Gasteiger partial charge in [0.25, 0.3) is 0 Å². The molecule has 0 unspecified atom stereocenters. The molecule has 2 aliphatic heterocycles. The van der Waals surface area contributed by atoms with E-state index in [2.05, 4.69) is 35.9 Å². The Morgan fingerprint density at radius 2 is 1.81 bits per heavy atom. The van der Waals surface area contributed by atoms with Crippen molar-refractivity contribution in [2.24, 2.45) is 39.1 Å². The van der Waals surface area contributed by atoms with Crippen molar-refractivity contribution in [3.63, 3.8) is 0 Å². The van der Waals surface area contributed by atoms with Gasteiger partial charge in [-0.15, -0.1) is 5.76 Å². The van der Waals surface area contributed by atoms with Crippen LogP contribution in [0.15, 0.2) is 89.3 Å². The Morgan fingerprint density at radius 3 is 2.60 bits per heavy atom. The molecule has 0 amide bonds. The number of hydrogen-bond donors (Lipinski definition) is 6. The standard InChI is InChI=1S/C56H69N3O7S2/c1-3-4-5-7-38(24-35(2)60)25-41-16-20-56-33-55(41,31-53(56)65)21-17-42(61)13-10-36-12-15-50(63)52(27-36)66-23-19-37-11-14-49(62)47(26-37)46-30-51(64)43-18-22-59-48(43)9-6-8-39-28-45(54(57)58)40(29-44(39)46)32-67-68-34-56/h11-12,14-15,17-18,21-22,26-29,35,38,41,46,53-54,60,62-65H,3-5,7,9-10,13,16,19-20,23-25,30-34,57-58H2,1-2H3/p-1/b21-17-,51-43?/t35-,38+,41+,46-,53-,55-,56-/m0/s1. The lowest BCUT2D eigenvalue weighted by Gasteiger charge is -2.45. The summed E-state index contributed by atoms with van der Waals surface area (Å²) < 4.78 is 6.18. The summed E-state index contributed by atoms with van der Waals surface area (Å²) in [6, 6.07) is 14.6. The number of benzene rings is 3. The summed E-state index contributed by atoms with van der Waals surface area (Å²) >= 11 is 0. The fourth-order valence-corrected chi connectivity index (χ4v) is 14.5. The molecule has 12 heteroatoms. The van der Waals surface area contributed by atoms with E-state index in [9.17, 15) is 30.3 Å². The van der Waals surface area contributed by atoms with Crippen LogP contribution < -0.4 is 21.3 Å². The number of allylic oxidation sites excluding steroid dienone is 5. The Hall–Kier alpha value is -4.48. The number of phenols is 2. The number of carbonyl (C=O) groups excluding carboxylic acids is 1. The zero-order chi connectivity index (χ0) is 48.0.